The maximum Gasteiger partial charge on any atom is 0.0762 e. The lowest BCUT2D eigenvalue weighted by atomic mass is 10.1. The van der Waals surface area contributed by atoms with Crippen molar-refractivity contribution in [2.24, 2.45) is 5.73 Å². The third-order valence-electron chi connectivity index (χ3n) is 1.84. The molecule has 0 bridgehead atoms. The number of hydrogen-bond acceptors (Lipinski definition) is 2. The summed E-state index contributed by atoms with van der Waals surface area (Å²) in [6, 6.07) is 7.78. The molecule has 0 amide bonds. The molecule has 1 unspecified atom stereocenters. The smallest absolute Gasteiger partial charge is 0.0762 e. The van der Waals surface area contributed by atoms with Gasteiger partial charge in [-0.15, -0.1) is 0 Å². The van der Waals surface area contributed by atoms with Crippen LogP contribution >= 0.6 is 0 Å². The van der Waals surface area contributed by atoms with Gasteiger partial charge in [-0.3, -0.25) is 0 Å². The van der Waals surface area contributed by atoms with Crippen LogP contribution in [0.5, 0.6) is 0 Å². The van der Waals surface area contributed by atoms with Crippen molar-refractivity contribution >= 4 is 6.08 Å². The van der Waals surface area contributed by atoms with Gasteiger partial charge in [-0.2, -0.15) is 0 Å². The Labute approximate surface area is 78.7 Å². The van der Waals surface area contributed by atoms with Crippen LogP contribution in [-0.2, 0) is 0 Å². The van der Waals surface area contributed by atoms with Crippen LogP contribution in [0, 0.1) is 0 Å². The average Bonchev–Trinajstić information content (AvgIpc) is 2.15. The minimum Gasteiger partial charge on any atom is -0.389 e. The Bertz CT molecular complexity index is 292. The molecule has 0 radical (unpaired) electrons. The lowest BCUT2D eigenvalue weighted by molar-refractivity contribution is 0.199. The van der Waals surface area contributed by atoms with E-state index in [-0.39, 0.29) is 0 Å². The topological polar surface area (TPSA) is 46.2 Å². The number of nitrogens with two attached hydrogens (primary N) is 1. The first kappa shape index (κ1) is 9.96. The molecule has 0 aromatic heterocycles. The molecule has 1 rings (SSSR count). The molecule has 1 atom stereocenters. The van der Waals surface area contributed by atoms with Crippen molar-refractivity contribution in [2.45, 2.75) is 13.0 Å². The minimum atomic E-state index is -0.411. The average molecular weight is 177 g/mol. The maximum absolute atomic E-state index is 9.32. The summed E-state index contributed by atoms with van der Waals surface area (Å²) in [5.41, 5.74) is 7.34. The normalized spacial score (nSPS) is 13.5. The Morgan fingerprint density at radius 1 is 1.54 bits per heavy atom. The summed E-state index contributed by atoms with van der Waals surface area (Å²) in [6.07, 6.45) is 3.43. The summed E-state index contributed by atoms with van der Waals surface area (Å²) in [5, 5.41) is 9.32. The van der Waals surface area contributed by atoms with Crippen LogP contribution in [0.3, 0.4) is 0 Å². The maximum atomic E-state index is 9.32. The van der Waals surface area contributed by atoms with Gasteiger partial charge in [-0.25, -0.2) is 0 Å². The van der Waals surface area contributed by atoms with Crippen molar-refractivity contribution in [2.75, 3.05) is 6.54 Å². The highest BCUT2D eigenvalue weighted by Gasteiger charge is 1.98. The molecular formula is C11H15NO. The van der Waals surface area contributed by atoms with Crippen molar-refractivity contribution in [3.8, 4) is 0 Å². The van der Waals surface area contributed by atoms with E-state index in [0.29, 0.717) is 6.54 Å². The zero-order valence-electron chi connectivity index (χ0n) is 7.77. The van der Waals surface area contributed by atoms with Gasteiger partial charge in [0.1, 0.15) is 0 Å². The highest BCUT2D eigenvalue weighted by Crippen LogP contribution is 2.14. The van der Waals surface area contributed by atoms with E-state index in [1.54, 1.807) is 6.92 Å². The summed E-state index contributed by atoms with van der Waals surface area (Å²) in [6.45, 7) is 2.30. The summed E-state index contributed by atoms with van der Waals surface area (Å²) in [7, 11) is 0. The van der Waals surface area contributed by atoms with Gasteiger partial charge >= 0.3 is 0 Å². The molecule has 0 aliphatic heterocycles. The minimum absolute atomic E-state index is 0.411. The number of benzene rings is 1. The van der Waals surface area contributed by atoms with Gasteiger partial charge in [0, 0.05) is 6.54 Å². The van der Waals surface area contributed by atoms with Crippen LogP contribution < -0.4 is 5.73 Å². The summed E-state index contributed by atoms with van der Waals surface area (Å²) in [4.78, 5) is 0. The molecule has 3 N–H and O–H groups in total. The molecule has 0 aliphatic carbocycles. The first-order chi connectivity index (χ1) is 6.24. The van der Waals surface area contributed by atoms with Crippen molar-refractivity contribution in [1.82, 2.24) is 0 Å². The fraction of sp³-hybridized carbons (Fsp3) is 0.273. The number of aliphatic hydroxyl groups is 1. The molecule has 0 saturated heterocycles. The first-order valence-corrected chi connectivity index (χ1v) is 4.38. The molecular weight excluding hydrogens is 162 g/mol. The van der Waals surface area contributed by atoms with Crippen LogP contribution in [0.1, 0.15) is 24.2 Å². The molecule has 1 aromatic carbocycles. The fourth-order valence-electron chi connectivity index (χ4n) is 1.13. The number of hydrogen-bond donors (Lipinski definition) is 2. The van der Waals surface area contributed by atoms with Crippen LogP contribution in [0.15, 0.2) is 30.3 Å². The van der Waals surface area contributed by atoms with Crippen LogP contribution in [0.25, 0.3) is 6.08 Å². The Kier molecular flexibility index (Phi) is 3.68. The molecule has 0 heterocycles. The van der Waals surface area contributed by atoms with E-state index in [2.05, 4.69) is 0 Å². The predicted molar refractivity (Wildman–Crippen MR) is 55.2 cm³/mol. The molecule has 0 aliphatic rings. The third kappa shape index (κ3) is 3.01. The lowest BCUT2D eigenvalue weighted by Crippen LogP contribution is -1.93. The molecule has 70 valence electrons. The molecule has 13 heavy (non-hydrogen) atoms. The molecule has 1 aromatic rings. The second kappa shape index (κ2) is 4.80. The molecule has 2 nitrogen and oxygen atoms in total. The van der Waals surface area contributed by atoms with Gasteiger partial charge in [0.05, 0.1) is 6.10 Å². The van der Waals surface area contributed by atoms with E-state index in [1.807, 2.05) is 36.4 Å². The van der Waals surface area contributed by atoms with E-state index in [4.69, 9.17) is 5.73 Å². The van der Waals surface area contributed by atoms with Crippen LogP contribution in [0.4, 0.5) is 0 Å². The lowest BCUT2D eigenvalue weighted by Gasteiger charge is -2.04. The Morgan fingerprint density at radius 2 is 2.31 bits per heavy atom. The van der Waals surface area contributed by atoms with E-state index >= 15 is 0 Å². The van der Waals surface area contributed by atoms with Crippen molar-refractivity contribution < 1.29 is 5.11 Å². The summed E-state index contributed by atoms with van der Waals surface area (Å²) >= 11 is 0. The second-order valence-corrected chi connectivity index (χ2v) is 2.98. The monoisotopic (exact) mass is 177 g/mol. The Balaban J connectivity index is 2.85. The van der Waals surface area contributed by atoms with Gasteiger partial charge in [0.25, 0.3) is 0 Å². The van der Waals surface area contributed by atoms with Gasteiger partial charge < -0.3 is 10.8 Å². The Hall–Kier alpha value is -1.12. The highest BCUT2D eigenvalue weighted by molar-refractivity contribution is 5.50. The highest BCUT2D eigenvalue weighted by atomic mass is 16.3. The summed E-state index contributed by atoms with van der Waals surface area (Å²) < 4.78 is 0. The van der Waals surface area contributed by atoms with E-state index in [1.165, 1.54) is 0 Å². The Morgan fingerprint density at radius 3 is 2.92 bits per heavy atom. The van der Waals surface area contributed by atoms with Gasteiger partial charge in [0.15, 0.2) is 0 Å². The van der Waals surface area contributed by atoms with Crippen LogP contribution in [0.2, 0.25) is 0 Å². The molecule has 0 spiro atoms. The van der Waals surface area contributed by atoms with Gasteiger partial charge in [-0.1, -0.05) is 30.4 Å². The van der Waals surface area contributed by atoms with Crippen LogP contribution in [-0.4, -0.2) is 11.7 Å². The van der Waals surface area contributed by atoms with Crippen molar-refractivity contribution in [3.63, 3.8) is 0 Å². The fourth-order valence-corrected chi connectivity index (χ4v) is 1.13. The van der Waals surface area contributed by atoms with Gasteiger partial charge in [-0.05, 0) is 24.1 Å². The first-order valence-electron chi connectivity index (χ1n) is 4.38. The quantitative estimate of drug-likeness (QED) is 0.738. The zero-order chi connectivity index (χ0) is 9.68. The van der Waals surface area contributed by atoms with Crippen molar-refractivity contribution in [1.29, 1.82) is 0 Å². The second-order valence-electron chi connectivity index (χ2n) is 2.98. The summed E-state index contributed by atoms with van der Waals surface area (Å²) in [5.74, 6) is 0. The largest absolute Gasteiger partial charge is 0.389 e. The number of rotatable bonds is 3. The number of aliphatic hydroxyl groups excluding tert-OH is 1. The van der Waals surface area contributed by atoms with E-state index < -0.39 is 6.10 Å². The predicted octanol–water partition coefficient (Wildman–Crippen LogP) is 1.71. The third-order valence-corrected chi connectivity index (χ3v) is 1.84. The molecule has 0 fully saturated rings. The molecule has 2 heteroatoms. The van der Waals surface area contributed by atoms with Crippen molar-refractivity contribution in [3.05, 3.63) is 41.5 Å². The van der Waals surface area contributed by atoms with E-state index in [0.717, 1.165) is 11.1 Å². The standard InChI is InChI=1S/C11H15NO/c1-9(13)11-6-2-4-10(8-11)5-3-7-12/h2-6,8-9,13H,7,12H2,1H3/b5-3+. The van der Waals surface area contributed by atoms with E-state index in [9.17, 15) is 5.11 Å². The van der Waals surface area contributed by atoms with Gasteiger partial charge in [0.2, 0.25) is 0 Å². The zero-order valence-corrected chi connectivity index (χ0v) is 7.77. The molecule has 0 saturated carbocycles. The SMILES string of the molecule is CC(O)c1cccc(/C=C/CN)c1.